The summed E-state index contributed by atoms with van der Waals surface area (Å²) in [6, 6.07) is 15.3. The molecule has 2 heterocycles. The van der Waals surface area contributed by atoms with Crippen LogP contribution in [0, 0.1) is 6.92 Å². The molecule has 0 bridgehead atoms. The average Bonchev–Trinajstić information content (AvgIpc) is 3.01. The Morgan fingerprint density at radius 2 is 1.88 bits per heavy atom. The molecule has 0 radical (unpaired) electrons. The molecule has 0 aliphatic carbocycles. The van der Waals surface area contributed by atoms with E-state index in [1.165, 1.54) is 0 Å². The van der Waals surface area contributed by atoms with Crippen LogP contribution in [0.15, 0.2) is 54.7 Å². The molecule has 5 heteroatoms. The number of nitrogens with zero attached hydrogens (tertiary/aromatic N) is 1. The lowest BCUT2D eigenvalue weighted by atomic mass is 10.0. The van der Waals surface area contributed by atoms with Gasteiger partial charge in [0.1, 0.15) is 5.69 Å². The zero-order valence-corrected chi connectivity index (χ0v) is 15.2. The second-order valence-electron chi connectivity index (χ2n) is 6.43. The van der Waals surface area contributed by atoms with Crippen LogP contribution >= 0.6 is 0 Å². The molecule has 2 aromatic heterocycles. The van der Waals surface area contributed by atoms with Crippen molar-refractivity contribution < 1.29 is 14.3 Å². The molecule has 3 rings (SSSR count). The normalized spacial score (nSPS) is 12.1. The Kier molecular flexibility index (Phi) is 5.19. The molecule has 0 aliphatic heterocycles. The number of rotatable bonds is 6. The van der Waals surface area contributed by atoms with Gasteiger partial charge in [-0.1, -0.05) is 35.9 Å². The number of nitrogens with one attached hydrogen (secondary N) is 1. The Balaban J connectivity index is 2.05. The fourth-order valence-corrected chi connectivity index (χ4v) is 3.00. The number of hydrogen-bond donors (Lipinski definition) is 1. The van der Waals surface area contributed by atoms with Crippen LogP contribution in [0.1, 0.15) is 23.0 Å². The molecule has 0 saturated carbocycles. The van der Waals surface area contributed by atoms with Crippen molar-refractivity contribution in [2.24, 2.45) is 0 Å². The second kappa shape index (κ2) is 7.54. The summed E-state index contributed by atoms with van der Waals surface area (Å²) < 4.78 is 6.78. The minimum Gasteiger partial charge on any atom is -0.383 e. The predicted molar refractivity (Wildman–Crippen MR) is 101 cm³/mol. The van der Waals surface area contributed by atoms with Gasteiger partial charge in [0, 0.05) is 30.4 Å². The fourth-order valence-electron chi connectivity index (χ4n) is 3.00. The Morgan fingerprint density at radius 1 is 1.15 bits per heavy atom. The van der Waals surface area contributed by atoms with Gasteiger partial charge in [-0.25, -0.2) is 0 Å². The molecule has 1 atom stereocenters. The Bertz CT molecular complexity index is 942. The minimum atomic E-state index is -0.633. The first kappa shape index (κ1) is 17.9. The van der Waals surface area contributed by atoms with Crippen LogP contribution in [0.2, 0.25) is 0 Å². The number of hydrogen-bond acceptors (Lipinski definition) is 3. The van der Waals surface area contributed by atoms with E-state index < -0.39 is 11.7 Å². The van der Waals surface area contributed by atoms with Gasteiger partial charge >= 0.3 is 0 Å². The summed E-state index contributed by atoms with van der Waals surface area (Å²) in [5.41, 5.74) is 4.02. The fraction of sp³-hybridized carbons (Fsp3) is 0.238. The van der Waals surface area contributed by atoms with E-state index in [0.29, 0.717) is 12.3 Å². The molecule has 0 saturated heterocycles. The third kappa shape index (κ3) is 3.53. The summed E-state index contributed by atoms with van der Waals surface area (Å²) in [5.74, 6) is -1.19. The monoisotopic (exact) mass is 350 g/mol. The van der Waals surface area contributed by atoms with E-state index in [9.17, 15) is 9.59 Å². The summed E-state index contributed by atoms with van der Waals surface area (Å²) in [5, 5.41) is 2.69. The van der Waals surface area contributed by atoms with Gasteiger partial charge in [-0.15, -0.1) is 0 Å². The molecule has 0 fully saturated rings. The molecule has 0 spiro atoms. The van der Waals surface area contributed by atoms with E-state index in [1.54, 1.807) is 24.6 Å². The van der Waals surface area contributed by atoms with Crippen LogP contribution in [0.4, 0.5) is 0 Å². The van der Waals surface area contributed by atoms with E-state index in [2.05, 4.69) is 5.32 Å². The van der Waals surface area contributed by atoms with Crippen LogP contribution in [0.3, 0.4) is 0 Å². The summed E-state index contributed by atoms with van der Waals surface area (Å²) in [6.45, 7) is 4.15. The van der Waals surface area contributed by atoms with Crippen molar-refractivity contribution in [1.82, 2.24) is 9.72 Å². The molecule has 134 valence electrons. The summed E-state index contributed by atoms with van der Waals surface area (Å²) >= 11 is 0. The van der Waals surface area contributed by atoms with Gasteiger partial charge in [0.2, 0.25) is 0 Å². The second-order valence-corrected chi connectivity index (χ2v) is 6.43. The molecule has 0 aliphatic rings. The summed E-state index contributed by atoms with van der Waals surface area (Å²) in [7, 11) is 1.56. The van der Waals surface area contributed by atoms with Crippen LogP contribution in [0.5, 0.6) is 0 Å². The number of ether oxygens (including phenoxy) is 1. The Hall–Kier alpha value is -2.92. The highest BCUT2D eigenvalue weighted by atomic mass is 16.5. The van der Waals surface area contributed by atoms with Gasteiger partial charge < -0.3 is 14.5 Å². The number of Topliss-reactive ketones (excluding diaryl/α,β-unsaturated/α-hetero) is 1. The van der Waals surface area contributed by atoms with Gasteiger partial charge in [0.05, 0.1) is 6.61 Å². The van der Waals surface area contributed by atoms with Crippen LogP contribution in [0.25, 0.3) is 16.6 Å². The van der Waals surface area contributed by atoms with Crippen molar-refractivity contribution in [3.8, 4) is 11.1 Å². The van der Waals surface area contributed by atoms with Gasteiger partial charge in [-0.2, -0.15) is 0 Å². The smallest absolute Gasteiger partial charge is 0.294 e. The number of fused-ring (bicyclic) bond motifs is 1. The standard InChI is InChI=1S/C21H22N2O3/c1-14-7-9-16(10-8-14)18-12-17-6-4-5-11-23(17)19(18)20(24)21(25)22-15(2)13-26-3/h4-12,15H,13H2,1-3H3,(H,22,25)/t15-/m1/s1. The highest BCUT2D eigenvalue weighted by molar-refractivity contribution is 6.43. The number of carbonyl (C=O) groups is 2. The maximum Gasteiger partial charge on any atom is 0.294 e. The maximum absolute atomic E-state index is 12.9. The number of benzene rings is 1. The summed E-state index contributed by atoms with van der Waals surface area (Å²) in [6.07, 6.45) is 1.80. The largest absolute Gasteiger partial charge is 0.383 e. The first-order valence-corrected chi connectivity index (χ1v) is 8.52. The molecule has 5 nitrogen and oxygen atoms in total. The third-order valence-corrected chi connectivity index (χ3v) is 4.26. The van der Waals surface area contributed by atoms with Crippen LogP contribution in [-0.2, 0) is 9.53 Å². The van der Waals surface area contributed by atoms with E-state index in [1.807, 2.05) is 55.5 Å². The number of aryl methyl sites for hydroxylation is 1. The lowest BCUT2D eigenvalue weighted by Gasteiger charge is -2.13. The third-order valence-electron chi connectivity index (χ3n) is 4.26. The van der Waals surface area contributed by atoms with E-state index in [4.69, 9.17) is 4.74 Å². The Labute approximate surface area is 152 Å². The van der Waals surface area contributed by atoms with Crippen molar-refractivity contribution in [3.63, 3.8) is 0 Å². The molecule has 3 aromatic rings. The number of amides is 1. The molecule has 26 heavy (non-hydrogen) atoms. The first-order chi connectivity index (χ1) is 12.5. The van der Waals surface area contributed by atoms with Crippen LogP contribution < -0.4 is 5.32 Å². The van der Waals surface area contributed by atoms with Gasteiger partial charge in [0.25, 0.3) is 11.7 Å². The van der Waals surface area contributed by atoms with Crippen molar-refractivity contribution >= 4 is 17.2 Å². The molecular weight excluding hydrogens is 328 g/mol. The van der Waals surface area contributed by atoms with E-state index in [-0.39, 0.29) is 6.04 Å². The first-order valence-electron chi connectivity index (χ1n) is 8.52. The number of pyridine rings is 1. The van der Waals surface area contributed by atoms with Gasteiger partial charge in [-0.05, 0) is 37.6 Å². The van der Waals surface area contributed by atoms with E-state index in [0.717, 1.165) is 22.2 Å². The van der Waals surface area contributed by atoms with Crippen molar-refractivity contribution in [3.05, 3.63) is 66.0 Å². The highest BCUT2D eigenvalue weighted by Gasteiger charge is 2.25. The number of methoxy groups -OCH3 is 1. The lowest BCUT2D eigenvalue weighted by Crippen LogP contribution is -2.40. The van der Waals surface area contributed by atoms with Gasteiger partial charge in [0.15, 0.2) is 0 Å². The zero-order chi connectivity index (χ0) is 18.7. The zero-order valence-electron chi connectivity index (χ0n) is 15.2. The van der Waals surface area contributed by atoms with Crippen molar-refractivity contribution in [2.75, 3.05) is 13.7 Å². The van der Waals surface area contributed by atoms with Gasteiger partial charge in [-0.3, -0.25) is 9.59 Å². The maximum atomic E-state index is 12.9. The minimum absolute atomic E-state index is 0.245. The van der Waals surface area contributed by atoms with Crippen molar-refractivity contribution in [2.45, 2.75) is 19.9 Å². The van der Waals surface area contributed by atoms with Crippen molar-refractivity contribution in [1.29, 1.82) is 0 Å². The Morgan fingerprint density at radius 3 is 2.58 bits per heavy atom. The topological polar surface area (TPSA) is 59.8 Å². The summed E-state index contributed by atoms with van der Waals surface area (Å²) in [4.78, 5) is 25.4. The quantitative estimate of drug-likeness (QED) is 0.548. The number of ketones is 1. The number of aromatic nitrogens is 1. The molecular formula is C21H22N2O3. The highest BCUT2D eigenvalue weighted by Crippen LogP contribution is 2.28. The lowest BCUT2D eigenvalue weighted by molar-refractivity contribution is -0.117. The SMILES string of the molecule is COC[C@@H](C)NC(=O)C(=O)c1c(-c2ccc(C)cc2)cc2ccccn12. The van der Waals surface area contributed by atoms with Crippen LogP contribution in [-0.4, -0.2) is 35.8 Å². The van der Waals surface area contributed by atoms with E-state index >= 15 is 0 Å². The molecule has 0 unspecified atom stereocenters. The number of carbonyl (C=O) groups excluding carboxylic acids is 2. The molecule has 1 N–H and O–H groups in total. The average molecular weight is 350 g/mol. The molecule has 1 aromatic carbocycles. The predicted octanol–water partition coefficient (Wildman–Crippen LogP) is 3.25. The molecule has 1 amide bonds.